The molecule has 0 spiro atoms. The molecule has 6 nitrogen and oxygen atoms in total. The fourth-order valence-corrected chi connectivity index (χ4v) is 11.9. The van der Waals surface area contributed by atoms with Crippen LogP contribution in [0.2, 0.25) is 16.6 Å². The molecule has 6 radical (unpaired) electrons. The lowest BCUT2D eigenvalue weighted by atomic mass is 9.93. The van der Waals surface area contributed by atoms with Crippen LogP contribution in [-0.4, -0.2) is 42.3 Å². The molecule has 1 aromatic rings. The zero-order chi connectivity index (χ0) is 38.0. The predicted molar refractivity (Wildman–Crippen MR) is 226 cm³/mol. The Morgan fingerprint density at radius 2 is 0.686 bits per heavy atom. The zero-order valence-electron chi connectivity index (χ0n) is 32.5. The van der Waals surface area contributed by atoms with Crippen LogP contribution in [0.15, 0.2) is 90.3 Å². The Morgan fingerprint density at radius 1 is 0.451 bits per heavy atom. The monoisotopic (exact) mass is 747 g/mol. The van der Waals surface area contributed by atoms with E-state index in [1.807, 2.05) is 36.5 Å². The van der Waals surface area contributed by atoms with E-state index >= 15 is 0 Å². The van der Waals surface area contributed by atoms with E-state index in [1.165, 1.54) is 13.7 Å². The molecule has 0 aliphatic carbocycles. The largest absolute Gasteiger partial charge is 0.335 e. The van der Waals surface area contributed by atoms with Gasteiger partial charge in [-0.05, 0) is 92.2 Å². The Hall–Kier alpha value is -2.50. The zero-order valence-corrected chi connectivity index (χ0v) is 35.5. The number of rotatable bonds is 33. The van der Waals surface area contributed by atoms with E-state index in [-0.39, 0.29) is 0 Å². The first-order valence-electron chi connectivity index (χ1n) is 19.5. The van der Waals surface area contributed by atoms with E-state index in [1.54, 1.807) is 0 Å². The van der Waals surface area contributed by atoms with Crippen molar-refractivity contribution in [2.75, 3.05) is 0 Å². The van der Waals surface area contributed by atoms with Gasteiger partial charge in [0, 0.05) is 18.5 Å². The van der Waals surface area contributed by atoms with E-state index in [4.69, 9.17) is 0 Å². The molecule has 1 heterocycles. The molecule has 0 saturated heterocycles. The van der Waals surface area contributed by atoms with Crippen molar-refractivity contribution < 1.29 is 0 Å². The van der Waals surface area contributed by atoms with Gasteiger partial charge in [0.15, 0.2) is 0 Å². The molecule has 9 heteroatoms. The Morgan fingerprint density at radius 3 is 0.882 bits per heavy atom. The van der Waals surface area contributed by atoms with Crippen molar-refractivity contribution in [2.24, 2.45) is 17.8 Å². The summed E-state index contributed by atoms with van der Waals surface area (Å²) in [7, 11) is 1.10. The molecule has 0 amide bonds. The SMILES string of the molecule is C=CCC(CCC)CC(CC=C)[Si]Cn1c(=O)n(C[Si]C(CC=C)CC(CC=C)CCC)c(=O)n(C[Si]C(CC=C)CC(CC=C)CCC)c1=O. The van der Waals surface area contributed by atoms with Crippen LogP contribution >= 0.6 is 0 Å². The molecule has 6 atom stereocenters. The summed E-state index contributed by atoms with van der Waals surface area (Å²) in [5.74, 6) is 1.57. The Balaban J connectivity index is 3.59. The van der Waals surface area contributed by atoms with Gasteiger partial charge in [-0.3, -0.25) is 0 Å². The Kier molecular flexibility index (Phi) is 25.6. The topological polar surface area (TPSA) is 66.0 Å². The number of hydrogen-bond acceptors (Lipinski definition) is 3. The summed E-state index contributed by atoms with van der Waals surface area (Å²) in [4.78, 5) is 42.4. The van der Waals surface area contributed by atoms with E-state index < -0.39 is 17.1 Å². The fraction of sp³-hybridized carbons (Fsp3) is 0.643. The first-order valence-corrected chi connectivity index (χ1v) is 23.3. The minimum atomic E-state index is -0.469. The molecule has 0 N–H and O–H groups in total. The average molecular weight is 748 g/mol. The minimum Gasteiger partial charge on any atom is -0.249 e. The first-order chi connectivity index (χ1) is 24.7. The van der Waals surface area contributed by atoms with Crippen molar-refractivity contribution in [3.63, 3.8) is 0 Å². The average Bonchev–Trinajstić information content (AvgIpc) is 3.08. The van der Waals surface area contributed by atoms with Crippen molar-refractivity contribution in [3.05, 3.63) is 107 Å². The Labute approximate surface area is 318 Å². The molecule has 1 rings (SSSR count). The van der Waals surface area contributed by atoms with Crippen LogP contribution in [-0.2, 0) is 18.5 Å². The van der Waals surface area contributed by atoms with Crippen molar-refractivity contribution in [1.29, 1.82) is 0 Å². The van der Waals surface area contributed by atoms with Gasteiger partial charge in [0.25, 0.3) is 0 Å². The van der Waals surface area contributed by atoms with Gasteiger partial charge in [-0.2, -0.15) is 0 Å². The van der Waals surface area contributed by atoms with Gasteiger partial charge in [0.05, 0.1) is 28.6 Å². The molecule has 282 valence electrons. The fourth-order valence-electron chi connectivity index (χ4n) is 7.28. The third kappa shape index (κ3) is 17.3. The summed E-state index contributed by atoms with van der Waals surface area (Å²) >= 11 is 0. The number of aromatic nitrogens is 3. The van der Waals surface area contributed by atoms with E-state index in [2.05, 4.69) is 60.2 Å². The van der Waals surface area contributed by atoms with Crippen LogP contribution in [0.4, 0.5) is 0 Å². The van der Waals surface area contributed by atoms with Crippen molar-refractivity contribution >= 4 is 28.6 Å². The maximum absolute atomic E-state index is 14.1. The minimum absolute atomic E-state index is 0.317. The lowest BCUT2D eigenvalue weighted by Crippen LogP contribution is -2.56. The van der Waals surface area contributed by atoms with E-state index in [0.29, 0.717) is 81.4 Å². The molecule has 0 aliphatic rings. The second-order valence-electron chi connectivity index (χ2n) is 14.1. The second kappa shape index (κ2) is 28.1. The molecular weight excluding hydrogens is 679 g/mol. The summed E-state index contributed by atoms with van der Waals surface area (Å²) in [5.41, 5.74) is -0.456. The summed E-state index contributed by atoms with van der Waals surface area (Å²) in [5, 5.41) is 0. The molecule has 0 aliphatic heterocycles. The van der Waals surface area contributed by atoms with Gasteiger partial charge in [0.1, 0.15) is 0 Å². The van der Waals surface area contributed by atoms with E-state index in [9.17, 15) is 14.4 Å². The van der Waals surface area contributed by atoms with Crippen LogP contribution in [0.1, 0.15) is 117 Å². The third-order valence-corrected chi connectivity index (χ3v) is 14.4. The molecule has 1 aromatic heterocycles. The highest BCUT2D eigenvalue weighted by molar-refractivity contribution is 6.37. The lowest BCUT2D eigenvalue weighted by Gasteiger charge is -2.23. The molecule has 0 aromatic carbocycles. The molecule has 0 fully saturated rings. The predicted octanol–water partition coefficient (Wildman–Crippen LogP) is 9.40. The summed E-state index contributed by atoms with van der Waals surface area (Å²) in [6.07, 6.45) is 27.9. The van der Waals surface area contributed by atoms with Crippen LogP contribution in [0, 0.1) is 17.8 Å². The summed E-state index contributed by atoms with van der Waals surface area (Å²) in [6.45, 7) is 30.6. The Bertz CT molecular complexity index is 1170. The van der Waals surface area contributed by atoms with Crippen molar-refractivity contribution in [2.45, 2.75) is 152 Å². The van der Waals surface area contributed by atoms with Crippen LogP contribution < -0.4 is 17.1 Å². The molecule has 0 bridgehead atoms. The van der Waals surface area contributed by atoms with Crippen LogP contribution in [0.25, 0.3) is 0 Å². The molecule has 0 saturated carbocycles. The second-order valence-corrected chi connectivity index (χ2v) is 18.7. The van der Waals surface area contributed by atoms with Gasteiger partial charge in [-0.15, -0.1) is 39.5 Å². The van der Waals surface area contributed by atoms with Gasteiger partial charge in [0.2, 0.25) is 0 Å². The smallest absolute Gasteiger partial charge is 0.249 e. The quantitative estimate of drug-likeness (QED) is 0.0532. The van der Waals surface area contributed by atoms with Crippen molar-refractivity contribution in [1.82, 2.24) is 13.7 Å². The third-order valence-electron chi connectivity index (χ3n) is 9.80. The highest BCUT2D eigenvalue weighted by atomic mass is 28.2. The van der Waals surface area contributed by atoms with Gasteiger partial charge < -0.3 is 0 Å². The summed E-state index contributed by atoms with van der Waals surface area (Å²) in [6, 6.07) is 0. The van der Waals surface area contributed by atoms with Crippen LogP contribution in [0.5, 0.6) is 0 Å². The number of allylic oxidation sites excluding steroid dienone is 6. The van der Waals surface area contributed by atoms with Gasteiger partial charge in [-0.25, -0.2) is 28.1 Å². The number of hydrogen-bond donors (Lipinski definition) is 0. The first kappa shape index (κ1) is 46.5. The van der Waals surface area contributed by atoms with Crippen molar-refractivity contribution in [3.8, 4) is 0 Å². The lowest BCUT2D eigenvalue weighted by molar-refractivity contribution is 0.432. The summed E-state index contributed by atoms with van der Waals surface area (Å²) < 4.78 is 4.11. The maximum atomic E-state index is 14.1. The highest BCUT2D eigenvalue weighted by Gasteiger charge is 2.23. The van der Waals surface area contributed by atoms with Gasteiger partial charge >= 0.3 is 17.1 Å². The molecular formula is C42H69N3O3Si3. The standard InChI is InChI=1S/C42H69N3O3Si3/c1-10-19-34(20-11-2)28-37(25-16-7)49-31-43-40(46)44(32-50-38(26-17-8)29-35(21-12-3)22-13-4)42(48)45(41(43)47)33-51-39(27-18-9)30-36(23-14-5)24-15-6/h10,12,14,16-18,34-39H,1,3,5,7-9,11,13,15,19-33H2,2,4,6H3. The molecule has 6 unspecified atom stereocenters. The normalized spacial score (nSPS) is 14.9. The van der Waals surface area contributed by atoms with Crippen LogP contribution in [0.3, 0.4) is 0 Å². The molecule has 51 heavy (non-hydrogen) atoms. The number of nitrogens with zero attached hydrogens (tertiary/aromatic N) is 3. The highest BCUT2D eigenvalue weighted by Crippen LogP contribution is 2.29. The van der Waals surface area contributed by atoms with E-state index in [0.717, 1.165) is 96.3 Å². The van der Waals surface area contributed by atoms with Gasteiger partial charge in [-0.1, -0.05) is 95.8 Å². The maximum Gasteiger partial charge on any atom is 0.335 e.